The van der Waals surface area contributed by atoms with Crippen molar-refractivity contribution in [2.45, 2.75) is 50.2 Å². The Balaban J connectivity index is 0.000000144. The molecule has 0 saturated carbocycles. The van der Waals surface area contributed by atoms with Gasteiger partial charge in [-0.15, -0.1) is 0 Å². The zero-order valence-corrected chi connectivity index (χ0v) is 16.8. The molecule has 3 aliphatic rings. The summed E-state index contributed by atoms with van der Waals surface area (Å²) in [7, 11) is 0. The van der Waals surface area contributed by atoms with Gasteiger partial charge in [0.05, 0.1) is 12.7 Å². The molecule has 6 N–H and O–H groups in total. The highest BCUT2D eigenvalue weighted by atomic mass is 32.2. The van der Waals surface area contributed by atoms with Crippen molar-refractivity contribution in [3.8, 4) is 5.88 Å². The van der Waals surface area contributed by atoms with Crippen LogP contribution < -0.4 is 21.3 Å². The Bertz CT molecular complexity index is 809. The van der Waals surface area contributed by atoms with Gasteiger partial charge in [0.25, 0.3) is 0 Å². The quantitative estimate of drug-likeness (QED) is 0.397. The number of aromatic nitrogens is 2. The lowest BCUT2D eigenvalue weighted by Crippen LogP contribution is -2.32. The number of anilines is 1. The first-order valence-corrected chi connectivity index (χ1v) is 10.2. The summed E-state index contributed by atoms with van der Waals surface area (Å²) in [4.78, 5) is 9.46. The van der Waals surface area contributed by atoms with E-state index in [1.807, 2.05) is 6.92 Å². The maximum Gasteiger partial charge on any atom is 0.227 e. The summed E-state index contributed by atoms with van der Waals surface area (Å²) >= 11 is 1.16. The number of carbonyl (C=O) groups is 1. The monoisotopic (exact) mass is 405 g/mol. The Kier molecular flexibility index (Phi) is 6.82. The molecular formula is C19H27N5O3S. The highest BCUT2D eigenvalue weighted by molar-refractivity contribution is 7.97. The summed E-state index contributed by atoms with van der Waals surface area (Å²) in [6, 6.07) is 2.36. The van der Waals surface area contributed by atoms with E-state index in [1.54, 1.807) is 10.9 Å². The Morgan fingerprint density at radius 1 is 1.32 bits per heavy atom. The number of hydrogen-bond donors (Lipinski definition) is 3. The van der Waals surface area contributed by atoms with E-state index in [-0.39, 0.29) is 12.5 Å². The molecule has 1 aromatic heterocycles. The summed E-state index contributed by atoms with van der Waals surface area (Å²) in [6.07, 6.45) is 7.01. The van der Waals surface area contributed by atoms with Crippen LogP contribution in [-0.2, 0) is 41.8 Å². The number of aryl methyl sites for hydroxylation is 2. The zero-order valence-electron chi connectivity index (χ0n) is 16.0. The molecule has 28 heavy (non-hydrogen) atoms. The Morgan fingerprint density at radius 3 is 2.46 bits per heavy atom. The molecular weight excluding hydrogens is 378 g/mol. The SMILES string of the molecule is CCOC1COc2c(SN)cnn2C1.NC=O.Nc1c2c(cc3c1CC3)CC2. The second kappa shape index (κ2) is 9.31. The van der Waals surface area contributed by atoms with Gasteiger partial charge in [-0.1, -0.05) is 6.07 Å². The molecule has 1 unspecified atom stereocenters. The van der Waals surface area contributed by atoms with E-state index in [0.717, 1.165) is 35.0 Å². The molecule has 0 saturated heterocycles. The molecule has 0 fully saturated rings. The molecule has 0 spiro atoms. The van der Waals surface area contributed by atoms with Gasteiger partial charge >= 0.3 is 0 Å². The third-order valence-corrected chi connectivity index (χ3v) is 5.67. The Hall–Kier alpha value is -2.23. The lowest BCUT2D eigenvalue weighted by atomic mass is 9.77. The van der Waals surface area contributed by atoms with Crippen molar-refractivity contribution >= 4 is 24.0 Å². The molecule has 8 nitrogen and oxygen atoms in total. The molecule has 152 valence electrons. The number of amides is 1. The highest BCUT2D eigenvalue weighted by Gasteiger charge is 2.25. The van der Waals surface area contributed by atoms with Gasteiger partial charge in [-0.3, -0.25) is 9.93 Å². The minimum atomic E-state index is 0.100. The van der Waals surface area contributed by atoms with Crippen molar-refractivity contribution in [2.75, 3.05) is 18.9 Å². The Morgan fingerprint density at radius 2 is 1.96 bits per heavy atom. The number of carbonyl (C=O) groups excluding carboxylic acids is 1. The van der Waals surface area contributed by atoms with Gasteiger partial charge < -0.3 is 20.9 Å². The van der Waals surface area contributed by atoms with E-state index in [9.17, 15) is 0 Å². The number of benzene rings is 1. The second-order valence-corrected chi connectivity index (χ2v) is 7.38. The second-order valence-electron chi connectivity index (χ2n) is 6.70. The summed E-state index contributed by atoms with van der Waals surface area (Å²) in [6.45, 7) is 3.99. The average Bonchev–Trinajstić information content (AvgIpc) is 3.03. The minimum Gasteiger partial charge on any atom is -0.474 e. The molecule has 1 aromatic carbocycles. The largest absolute Gasteiger partial charge is 0.474 e. The van der Waals surface area contributed by atoms with Crippen LogP contribution in [-0.4, -0.2) is 35.5 Å². The van der Waals surface area contributed by atoms with E-state index in [0.29, 0.717) is 13.2 Å². The van der Waals surface area contributed by atoms with Crippen LogP contribution >= 0.6 is 11.9 Å². The molecule has 1 aliphatic heterocycles. The first kappa shape index (κ1) is 20.5. The van der Waals surface area contributed by atoms with Crippen molar-refractivity contribution in [2.24, 2.45) is 10.9 Å². The molecule has 2 heterocycles. The molecule has 5 rings (SSSR count). The van der Waals surface area contributed by atoms with Crippen molar-refractivity contribution in [3.63, 3.8) is 0 Å². The predicted molar refractivity (Wildman–Crippen MR) is 109 cm³/mol. The van der Waals surface area contributed by atoms with E-state index in [2.05, 4.69) is 16.9 Å². The zero-order chi connectivity index (χ0) is 20.1. The average molecular weight is 406 g/mol. The van der Waals surface area contributed by atoms with Crippen molar-refractivity contribution in [1.29, 1.82) is 0 Å². The number of ether oxygens (including phenoxy) is 2. The van der Waals surface area contributed by atoms with Crippen LogP contribution in [0.25, 0.3) is 0 Å². The summed E-state index contributed by atoms with van der Waals surface area (Å²) < 4.78 is 12.8. The van der Waals surface area contributed by atoms with E-state index >= 15 is 0 Å². The smallest absolute Gasteiger partial charge is 0.227 e. The molecule has 2 aromatic rings. The molecule has 1 atom stereocenters. The first-order valence-electron chi connectivity index (χ1n) is 9.37. The third-order valence-electron chi connectivity index (χ3n) is 5.13. The van der Waals surface area contributed by atoms with Crippen molar-refractivity contribution in [3.05, 3.63) is 34.5 Å². The highest BCUT2D eigenvalue weighted by Crippen LogP contribution is 2.38. The molecule has 2 aliphatic carbocycles. The fourth-order valence-electron chi connectivity index (χ4n) is 3.58. The first-order chi connectivity index (χ1) is 13.6. The molecule has 9 heteroatoms. The summed E-state index contributed by atoms with van der Waals surface area (Å²) in [5.74, 6) is 0.758. The van der Waals surface area contributed by atoms with Gasteiger partial charge in [-0.05, 0) is 66.8 Å². The van der Waals surface area contributed by atoms with Gasteiger partial charge in [0.1, 0.15) is 17.6 Å². The van der Waals surface area contributed by atoms with Crippen LogP contribution in [0.5, 0.6) is 5.88 Å². The molecule has 0 bridgehead atoms. The Labute approximate surface area is 168 Å². The van der Waals surface area contributed by atoms with Crippen LogP contribution in [0.15, 0.2) is 17.2 Å². The number of nitrogen functional groups attached to an aromatic ring is 1. The van der Waals surface area contributed by atoms with Crippen LogP contribution in [0.2, 0.25) is 0 Å². The van der Waals surface area contributed by atoms with Crippen molar-refractivity contribution < 1.29 is 14.3 Å². The fraction of sp³-hybridized carbons (Fsp3) is 0.474. The standard InChI is InChI=1S/C10H11N.C8H13N3O2S.CH3NO/c11-10-8-3-1-6(8)5-7-2-4-9(7)10;1-2-12-6-4-11-8(13-5-6)7(14-9)3-10-11;2-1-3/h5H,1-4,11H2;3,6H,2,4-5,9H2,1H3;1H,(H2,2,3). The lowest BCUT2D eigenvalue weighted by molar-refractivity contribution is -0.106. The maximum absolute atomic E-state index is 8.58. The predicted octanol–water partition coefficient (Wildman–Crippen LogP) is 1.21. The van der Waals surface area contributed by atoms with E-state index in [4.69, 9.17) is 25.1 Å². The van der Waals surface area contributed by atoms with Gasteiger partial charge in [-0.25, -0.2) is 4.68 Å². The number of rotatable bonds is 3. The minimum absolute atomic E-state index is 0.100. The summed E-state index contributed by atoms with van der Waals surface area (Å²) in [5, 5.41) is 9.63. The van der Waals surface area contributed by atoms with Crippen LogP contribution in [0.4, 0.5) is 5.69 Å². The third kappa shape index (κ3) is 4.11. The van der Waals surface area contributed by atoms with Gasteiger partial charge in [0, 0.05) is 12.3 Å². The van der Waals surface area contributed by atoms with E-state index < -0.39 is 0 Å². The van der Waals surface area contributed by atoms with Gasteiger partial charge in [0.15, 0.2) is 0 Å². The molecule has 1 amide bonds. The lowest BCUT2D eigenvalue weighted by Gasteiger charge is -2.30. The van der Waals surface area contributed by atoms with Crippen LogP contribution in [0.3, 0.4) is 0 Å². The van der Waals surface area contributed by atoms with Crippen LogP contribution in [0, 0.1) is 0 Å². The van der Waals surface area contributed by atoms with Gasteiger partial charge in [0.2, 0.25) is 12.3 Å². The summed E-state index contributed by atoms with van der Waals surface area (Å²) in [5.41, 5.74) is 17.2. The normalized spacial score (nSPS) is 17.6. The van der Waals surface area contributed by atoms with Crippen LogP contribution in [0.1, 0.15) is 29.2 Å². The van der Waals surface area contributed by atoms with Crippen molar-refractivity contribution in [1.82, 2.24) is 9.78 Å². The molecule has 0 radical (unpaired) electrons. The van der Waals surface area contributed by atoms with Gasteiger partial charge in [-0.2, -0.15) is 5.10 Å². The number of primary amides is 1. The number of hydrogen-bond acceptors (Lipinski definition) is 7. The topological polar surface area (TPSA) is 131 Å². The van der Waals surface area contributed by atoms with E-state index in [1.165, 1.54) is 47.9 Å². The fourth-order valence-corrected chi connectivity index (χ4v) is 3.96. The number of fused-ring (bicyclic) bond motifs is 3. The number of nitrogens with two attached hydrogens (primary N) is 3. The number of nitrogens with zero attached hydrogens (tertiary/aromatic N) is 2. The maximum atomic E-state index is 8.58.